The van der Waals surface area contributed by atoms with Gasteiger partial charge in [0.2, 0.25) is 0 Å². The highest BCUT2D eigenvalue weighted by molar-refractivity contribution is 5.80. The molecule has 0 spiro atoms. The van der Waals surface area contributed by atoms with Gasteiger partial charge in [-0.1, -0.05) is 44.2 Å². The van der Waals surface area contributed by atoms with Crippen LogP contribution in [0.25, 0.3) is 22.4 Å². The van der Waals surface area contributed by atoms with Gasteiger partial charge in [0.1, 0.15) is 5.52 Å². The van der Waals surface area contributed by atoms with Crippen molar-refractivity contribution in [2.45, 2.75) is 19.8 Å². The smallest absolute Gasteiger partial charge is 0.159 e. The van der Waals surface area contributed by atoms with Crippen LogP contribution < -0.4 is 0 Å². The summed E-state index contributed by atoms with van der Waals surface area (Å²) in [6.45, 7) is 4.27. The number of nitrogens with zero attached hydrogens (tertiary/aromatic N) is 3. The number of rotatable bonds is 2. The van der Waals surface area contributed by atoms with Crippen molar-refractivity contribution in [2.75, 3.05) is 0 Å². The Labute approximate surface area is 112 Å². The molecule has 0 saturated carbocycles. The van der Waals surface area contributed by atoms with E-state index < -0.39 is 0 Å². The summed E-state index contributed by atoms with van der Waals surface area (Å²) >= 11 is 0. The Morgan fingerprint density at radius 3 is 2.53 bits per heavy atom. The van der Waals surface area contributed by atoms with Crippen molar-refractivity contribution in [1.82, 2.24) is 14.5 Å². The summed E-state index contributed by atoms with van der Waals surface area (Å²) in [6, 6.07) is 12.4. The molecule has 1 aromatic carbocycles. The van der Waals surface area contributed by atoms with Crippen LogP contribution in [0.5, 0.6) is 0 Å². The Bertz CT molecular complexity index is 711. The summed E-state index contributed by atoms with van der Waals surface area (Å²) in [6.07, 6.45) is 1.88. The predicted molar refractivity (Wildman–Crippen MR) is 78.0 cm³/mol. The fourth-order valence-corrected chi connectivity index (χ4v) is 2.25. The summed E-state index contributed by atoms with van der Waals surface area (Å²) in [5.74, 6) is 0.395. The van der Waals surface area contributed by atoms with Crippen LogP contribution in [-0.2, 0) is 7.05 Å². The maximum Gasteiger partial charge on any atom is 0.159 e. The molecule has 19 heavy (non-hydrogen) atoms. The molecule has 0 N–H and O–H groups in total. The molecule has 0 atom stereocenters. The molecule has 2 heterocycles. The molecule has 3 nitrogen and oxygen atoms in total. The lowest BCUT2D eigenvalue weighted by molar-refractivity contribution is 0.812. The zero-order valence-corrected chi connectivity index (χ0v) is 11.5. The number of hydrogen-bond donors (Lipinski definition) is 0. The van der Waals surface area contributed by atoms with E-state index in [0.29, 0.717) is 5.92 Å². The maximum atomic E-state index is 4.72. The van der Waals surface area contributed by atoms with E-state index in [1.54, 1.807) is 0 Å². The fourth-order valence-electron chi connectivity index (χ4n) is 2.25. The Morgan fingerprint density at radius 1 is 1.11 bits per heavy atom. The minimum atomic E-state index is 0.395. The van der Waals surface area contributed by atoms with Gasteiger partial charge in [0, 0.05) is 13.2 Å². The first-order valence-electron chi connectivity index (χ1n) is 6.54. The topological polar surface area (TPSA) is 30.7 Å². The van der Waals surface area contributed by atoms with E-state index in [1.807, 2.05) is 31.4 Å². The zero-order chi connectivity index (χ0) is 13.4. The fraction of sp³-hybridized carbons (Fsp3) is 0.250. The summed E-state index contributed by atoms with van der Waals surface area (Å²) in [5, 5.41) is 0. The normalized spacial score (nSPS) is 11.4. The Hall–Kier alpha value is -2.16. The van der Waals surface area contributed by atoms with Crippen LogP contribution in [0.1, 0.15) is 25.5 Å². The maximum absolute atomic E-state index is 4.72. The number of benzene rings is 1. The van der Waals surface area contributed by atoms with Crippen molar-refractivity contribution in [3.05, 3.63) is 48.3 Å². The highest BCUT2D eigenvalue weighted by Crippen LogP contribution is 2.25. The molecule has 3 heteroatoms. The lowest BCUT2D eigenvalue weighted by Crippen LogP contribution is -1.98. The van der Waals surface area contributed by atoms with Crippen LogP contribution >= 0.6 is 0 Å². The van der Waals surface area contributed by atoms with Crippen molar-refractivity contribution in [3.63, 3.8) is 0 Å². The highest BCUT2D eigenvalue weighted by Gasteiger charge is 2.11. The number of fused-ring (bicyclic) bond motifs is 1. The van der Waals surface area contributed by atoms with Crippen LogP contribution in [0.3, 0.4) is 0 Å². The first-order chi connectivity index (χ1) is 9.16. The summed E-state index contributed by atoms with van der Waals surface area (Å²) < 4.78 is 2.11. The van der Waals surface area contributed by atoms with Crippen LogP contribution in [0.2, 0.25) is 0 Å². The van der Waals surface area contributed by atoms with Gasteiger partial charge in [-0.15, -0.1) is 0 Å². The first-order valence-corrected chi connectivity index (χ1v) is 6.54. The van der Waals surface area contributed by atoms with Gasteiger partial charge in [-0.2, -0.15) is 0 Å². The first kappa shape index (κ1) is 11.9. The quantitative estimate of drug-likeness (QED) is 0.694. The van der Waals surface area contributed by atoms with Gasteiger partial charge >= 0.3 is 0 Å². The lowest BCUT2D eigenvalue weighted by atomic mass is 10.1. The molecule has 0 aliphatic rings. The molecule has 3 rings (SSSR count). The van der Waals surface area contributed by atoms with Crippen LogP contribution in [0.4, 0.5) is 0 Å². The van der Waals surface area contributed by atoms with Gasteiger partial charge in [0.25, 0.3) is 0 Å². The van der Waals surface area contributed by atoms with Crippen LogP contribution in [0, 0.1) is 0 Å². The van der Waals surface area contributed by atoms with E-state index >= 15 is 0 Å². The number of hydrogen-bond acceptors (Lipinski definition) is 2. The number of aromatic nitrogens is 3. The molecule has 0 aliphatic heterocycles. The molecule has 0 saturated heterocycles. The second-order valence-electron chi connectivity index (χ2n) is 5.11. The van der Waals surface area contributed by atoms with Gasteiger partial charge < -0.3 is 4.57 Å². The summed E-state index contributed by atoms with van der Waals surface area (Å²) in [4.78, 5) is 9.25. The third-order valence-electron chi connectivity index (χ3n) is 3.41. The predicted octanol–water partition coefficient (Wildman–Crippen LogP) is 3.76. The van der Waals surface area contributed by atoms with Crippen LogP contribution in [0.15, 0.2) is 42.6 Å². The second kappa shape index (κ2) is 4.50. The van der Waals surface area contributed by atoms with Gasteiger partial charge in [0.05, 0.1) is 11.4 Å². The van der Waals surface area contributed by atoms with Gasteiger partial charge in [-0.3, -0.25) is 4.98 Å². The van der Waals surface area contributed by atoms with Crippen LogP contribution in [-0.4, -0.2) is 14.5 Å². The van der Waals surface area contributed by atoms with E-state index in [1.165, 1.54) is 5.56 Å². The third kappa shape index (κ3) is 2.01. The summed E-state index contributed by atoms with van der Waals surface area (Å²) in [7, 11) is 2.05. The second-order valence-corrected chi connectivity index (χ2v) is 5.11. The van der Waals surface area contributed by atoms with Gasteiger partial charge in [-0.05, 0) is 17.5 Å². The van der Waals surface area contributed by atoms with Crippen molar-refractivity contribution in [2.24, 2.45) is 7.05 Å². The average Bonchev–Trinajstić information content (AvgIpc) is 2.77. The zero-order valence-electron chi connectivity index (χ0n) is 11.5. The standard InChI is InChI=1S/C16H17N3/c1-11(2)14-10-17-13-9-15(19(3)16(13)18-14)12-7-5-4-6-8-12/h4-11H,1-3H3. The minimum absolute atomic E-state index is 0.395. The SMILES string of the molecule is CC(C)c1cnc2cc(-c3ccccc3)n(C)c2n1. The van der Waals surface area contributed by atoms with Gasteiger partial charge in [0.15, 0.2) is 5.65 Å². The monoisotopic (exact) mass is 251 g/mol. The molecule has 3 aromatic rings. The molecule has 96 valence electrons. The molecule has 0 amide bonds. The molecule has 0 fully saturated rings. The van der Waals surface area contributed by atoms with Crippen molar-refractivity contribution in [3.8, 4) is 11.3 Å². The molecular formula is C16H17N3. The van der Waals surface area contributed by atoms with Crippen molar-refractivity contribution >= 4 is 11.2 Å². The average molecular weight is 251 g/mol. The Balaban J connectivity index is 2.21. The summed E-state index contributed by atoms with van der Waals surface area (Å²) in [5.41, 5.74) is 5.27. The number of aryl methyl sites for hydroxylation is 1. The molecular weight excluding hydrogens is 234 g/mol. The van der Waals surface area contributed by atoms with Gasteiger partial charge in [-0.25, -0.2) is 4.98 Å². The third-order valence-corrected chi connectivity index (χ3v) is 3.41. The van der Waals surface area contributed by atoms with E-state index in [0.717, 1.165) is 22.6 Å². The van der Waals surface area contributed by atoms with Crippen molar-refractivity contribution < 1.29 is 0 Å². The largest absolute Gasteiger partial charge is 0.327 e. The molecule has 0 unspecified atom stereocenters. The Morgan fingerprint density at radius 2 is 1.84 bits per heavy atom. The lowest BCUT2D eigenvalue weighted by Gasteiger charge is -2.05. The molecule has 2 aromatic heterocycles. The highest BCUT2D eigenvalue weighted by atomic mass is 15.0. The van der Waals surface area contributed by atoms with Crippen molar-refractivity contribution in [1.29, 1.82) is 0 Å². The Kier molecular flexibility index (Phi) is 2.82. The van der Waals surface area contributed by atoms with E-state index in [2.05, 4.69) is 41.6 Å². The molecule has 0 bridgehead atoms. The minimum Gasteiger partial charge on any atom is -0.327 e. The van der Waals surface area contributed by atoms with E-state index in [-0.39, 0.29) is 0 Å². The van der Waals surface area contributed by atoms with E-state index in [9.17, 15) is 0 Å². The molecule has 0 aliphatic carbocycles. The van der Waals surface area contributed by atoms with E-state index in [4.69, 9.17) is 4.98 Å². The molecule has 0 radical (unpaired) electrons.